The van der Waals surface area contributed by atoms with Gasteiger partial charge in [-0.15, -0.1) is 0 Å². The van der Waals surface area contributed by atoms with Gasteiger partial charge in [0.15, 0.2) is 11.4 Å². The molecular weight excluding hydrogens is 747 g/mol. The van der Waals surface area contributed by atoms with Gasteiger partial charge in [0.2, 0.25) is 0 Å². The molecule has 0 saturated heterocycles. The van der Waals surface area contributed by atoms with E-state index in [0.717, 1.165) is 94.6 Å². The van der Waals surface area contributed by atoms with Crippen molar-refractivity contribution in [1.29, 1.82) is 0 Å². The Hall–Kier alpha value is -8.28. The summed E-state index contributed by atoms with van der Waals surface area (Å²) in [6.45, 7) is 0. The van der Waals surface area contributed by atoms with Crippen LogP contribution in [0.15, 0.2) is 221 Å². The Balaban J connectivity index is 0.984. The third kappa shape index (κ3) is 5.86. The maximum absolute atomic E-state index is 6.71. The SMILES string of the molecule is c1ccc(-c2nc(-c3ccccc3-c3cccc4oc5cc(-c6cccc(N(c7ccccc7)c7cccc8ccccc78)c6)ccc5c34)nc3c2oc2ccccc23)cc1. The van der Waals surface area contributed by atoms with Gasteiger partial charge in [-0.05, 0) is 88.3 Å². The van der Waals surface area contributed by atoms with Gasteiger partial charge in [-0.1, -0.05) is 152 Å². The zero-order chi connectivity index (χ0) is 40.3. The number of para-hydroxylation sites is 2. The molecule has 61 heavy (non-hydrogen) atoms. The lowest BCUT2D eigenvalue weighted by Gasteiger charge is -2.27. The minimum atomic E-state index is 0.633. The first-order valence-electron chi connectivity index (χ1n) is 20.5. The van der Waals surface area contributed by atoms with E-state index >= 15 is 0 Å². The molecule has 12 rings (SSSR count). The molecule has 286 valence electrons. The molecule has 0 radical (unpaired) electrons. The Bertz CT molecular complexity index is 3600. The van der Waals surface area contributed by atoms with Crippen molar-refractivity contribution in [3.8, 4) is 44.9 Å². The van der Waals surface area contributed by atoms with Crippen molar-refractivity contribution in [1.82, 2.24) is 9.97 Å². The molecule has 12 aromatic rings. The highest BCUT2D eigenvalue weighted by atomic mass is 16.3. The Morgan fingerprint density at radius 2 is 1.02 bits per heavy atom. The minimum absolute atomic E-state index is 0.633. The van der Waals surface area contributed by atoms with E-state index in [-0.39, 0.29) is 0 Å². The predicted molar refractivity (Wildman–Crippen MR) is 251 cm³/mol. The molecule has 0 aliphatic rings. The van der Waals surface area contributed by atoms with Gasteiger partial charge in [0, 0.05) is 44.0 Å². The van der Waals surface area contributed by atoms with Crippen molar-refractivity contribution in [3.63, 3.8) is 0 Å². The highest BCUT2D eigenvalue weighted by Crippen LogP contribution is 2.44. The van der Waals surface area contributed by atoms with Crippen molar-refractivity contribution < 1.29 is 8.83 Å². The molecule has 5 nitrogen and oxygen atoms in total. The second-order valence-electron chi connectivity index (χ2n) is 15.3. The monoisotopic (exact) mass is 781 g/mol. The van der Waals surface area contributed by atoms with E-state index in [0.29, 0.717) is 11.4 Å². The van der Waals surface area contributed by atoms with Crippen molar-refractivity contribution in [2.75, 3.05) is 4.90 Å². The Morgan fingerprint density at radius 1 is 0.377 bits per heavy atom. The molecule has 5 heteroatoms. The van der Waals surface area contributed by atoms with Crippen LogP contribution in [0.5, 0.6) is 0 Å². The average Bonchev–Trinajstić information content (AvgIpc) is 3.90. The molecule has 0 unspecified atom stereocenters. The first-order valence-corrected chi connectivity index (χ1v) is 20.5. The number of hydrogen-bond acceptors (Lipinski definition) is 5. The zero-order valence-corrected chi connectivity index (χ0v) is 32.9. The van der Waals surface area contributed by atoms with Crippen LogP contribution in [-0.4, -0.2) is 9.97 Å². The number of rotatable bonds is 7. The number of fused-ring (bicyclic) bond motifs is 7. The summed E-state index contributed by atoms with van der Waals surface area (Å²) in [6.07, 6.45) is 0. The molecule has 0 N–H and O–H groups in total. The van der Waals surface area contributed by atoms with Crippen molar-refractivity contribution >= 4 is 71.8 Å². The van der Waals surface area contributed by atoms with Gasteiger partial charge in [0.1, 0.15) is 28.0 Å². The quantitative estimate of drug-likeness (QED) is 0.161. The lowest BCUT2D eigenvalue weighted by molar-refractivity contribution is 0.667. The standard InChI is InChI=1S/C56H35N3O2/c1-3-17-37(18-4-1)53-55-54(47-27-11-12-30-49(47)61-55)58-56(57-53)45-26-10-9-25-43(45)44-28-15-31-50-52(44)46-33-32-39(35-51(46)60-50)38-20-13-23-41(34-38)59(40-21-5-2-6-22-40)48-29-14-19-36-16-7-8-24-42(36)48/h1-35H. The molecule has 9 aromatic carbocycles. The molecule has 0 spiro atoms. The molecule has 0 aliphatic heterocycles. The van der Waals surface area contributed by atoms with E-state index in [9.17, 15) is 0 Å². The van der Waals surface area contributed by atoms with Gasteiger partial charge in [0.05, 0.1) is 5.69 Å². The molecule has 0 aliphatic carbocycles. The lowest BCUT2D eigenvalue weighted by atomic mass is 9.94. The Morgan fingerprint density at radius 3 is 1.90 bits per heavy atom. The van der Waals surface area contributed by atoms with Gasteiger partial charge in [-0.25, -0.2) is 9.97 Å². The molecule has 0 saturated carbocycles. The second kappa shape index (κ2) is 14.2. The summed E-state index contributed by atoms with van der Waals surface area (Å²) < 4.78 is 13.1. The van der Waals surface area contributed by atoms with E-state index < -0.39 is 0 Å². The van der Waals surface area contributed by atoms with E-state index in [4.69, 9.17) is 18.8 Å². The van der Waals surface area contributed by atoms with E-state index in [2.05, 4.69) is 181 Å². The Kier molecular flexibility index (Phi) is 8.10. The molecule has 0 amide bonds. The van der Waals surface area contributed by atoms with Gasteiger partial charge in [-0.3, -0.25) is 0 Å². The summed E-state index contributed by atoms with van der Waals surface area (Å²) >= 11 is 0. The number of anilines is 3. The zero-order valence-electron chi connectivity index (χ0n) is 32.9. The highest BCUT2D eigenvalue weighted by Gasteiger charge is 2.22. The maximum atomic E-state index is 6.71. The molecule has 0 bridgehead atoms. The number of aromatic nitrogens is 2. The van der Waals surface area contributed by atoms with Crippen molar-refractivity contribution in [3.05, 3.63) is 212 Å². The van der Waals surface area contributed by atoms with Crippen molar-refractivity contribution in [2.24, 2.45) is 0 Å². The van der Waals surface area contributed by atoms with Crippen LogP contribution in [0.3, 0.4) is 0 Å². The summed E-state index contributed by atoms with van der Waals surface area (Å²) in [5.41, 5.74) is 14.1. The fourth-order valence-electron chi connectivity index (χ4n) is 8.88. The summed E-state index contributed by atoms with van der Waals surface area (Å²) in [5.74, 6) is 0.633. The number of nitrogens with zero attached hydrogens (tertiary/aromatic N) is 3. The minimum Gasteiger partial charge on any atom is -0.456 e. The van der Waals surface area contributed by atoms with Crippen LogP contribution in [0.2, 0.25) is 0 Å². The molecule has 0 atom stereocenters. The van der Waals surface area contributed by atoms with E-state index in [1.807, 2.05) is 36.4 Å². The summed E-state index contributed by atoms with van der Waals surface area (Å²) in [7, 11) is 0. The van der Waals surface area contributed by atoms with Crippen LogP contribution in [0.4, 0.5) is 17.1 Å². The number of hydrogen-bond donors (Lipinski definition) is 0. The predicted octanol–water partition coefficient (Wildman–Crippen LogP) is 15.6. The first kappa shape index (κ1) is 34.7. The van der Waals surface area contributed by atoms with Crippen LogP contribution >= 0.6 is 0 Å². The second-order valence-corrected chi connectivity index (χ2v) is 15.3. The van der Waals surface area contributed by atoms with Crippen LogP contribution in [0, 0.1) is 0 Å². The number of furan rings is 2. The van der Waals surface area contributed by atoms with E-state index in [1.54, 1.807) is 0 Å². The highest BCUT2D eigenvalue weighted by molar-refractivity contribution is 6.14. The smallest absolute Gasteiger partial charge is 0.180 e. The fraction of sp³-hybridized carbons (Fsp3) is 0. The van der Waals surface area contributed by atoms with Crippen LogP contribution < -0.4 is 4.90 Å². The third-order valence-electron chi connectivity index (χ3n) is 11.7. The maximum Gasteiger partial charge on any atom is 0.180 e. The molecule has 3 aromatic heterocycles. The molecular formula is C56H35N3O2. The van der Waals surface area contributed by atoms with Crippen molar-refractivity contribution in [2.45, 2.75) is 0 Å². The topological polar surface area (TPSA) is 55.3 Å². The normalized spacial score (nSPS) is 11.6. The summed E-state index contributed by atoms with van der Waals surface area (Å²) in [4.78, 5) is 12.8. The average molecular weight is 782 g/mol. The molecule has 0 fully saturated rings. The lowest BCUT2D eigenvalue weighted by Crippen LogP contribution is -2.10. The van der Waals surface area contributed by atoms with Gasteiger partial charge >= 0.3 is 0 Å². The molecule has 3 heterocycles. The largest absolute Gasteiger partial charge is 0.456 e. The third-order valence-corrected chi connectivity index (χ3v) is 11.7. The van der Waals surface area contributed by atoms with Gasteiger partial charge in [-0.2, -0.15) is 0 Å². The summed E-state index contributed by atoms with van der Waals surface area (Å²) in [5, 5.41) is 5.45. The van der Waals surface area contributed by atoms with Crippen LogP contribution in [-0.2, 0) is 0 Å². The summed E-state index contributed by atoms with van der Waals surface area (Å²) in [6, 6.07) is 73.9. The Labute approximate surface area is 351 Å². The van der Waals surface area contributed by atoms with Gasteiger partial charge in [0.25, 0.3) is 0 Å². The van der Waals surface area contributed by atoms with E-state index in [1.165, 1.54) is 10.8 Å². The van der Waals surface area contributed by atoms with Gasteiger partial charge < -0.3 is 13.7 Å². The fourth-order valence-corrected chi connectivity index (χ4v) is 8.88. The number of benzene rings is 9. The first-order chi connectivity index (χ1) is 30.2. The van der Waals surface area contributed by atoms with Crippen LogP contribution in [0.1, 0.15) is 0 Å². The van der Waals surface area contributed by atoms with Crippen LogP contribution in [0.25, 0.3) is 99.7 Å².